The van der Waals surface area contributed by atoms with Crippen LogP contribution in [0.25, 0.3) is 0 Å². The molecule has 2 atom stereocenters. The Labute approximate surface area is 88.3 Å². The maximum absolute atomic E-state index is 8.61. The number of nitrogens with zero attached hydrogens (tertiary/aromatic N) is 1. The standard InChI is InChI=1S/C10H14N2OS/c1-7-3-4-13-10(7)6-14-8(2)9(12)5-11/h3-4,8-9H,6,12H2,1-2H3. The van der Waals surface area contributed by atoms with Crippen molar-refractivity contribution in [3.05, 3.63) is 23.7 Å². The molecule has 0 bridgehead atoms. The van der Waals surface area contributed by atoms with Crippen molar-refractivity contribution in [3.63, 3.8) is 0 Å². The number of aryl methyl sites for hydroxylation is 1. The Bertz CT molecular complexity index is 329. The molecule has 0 saturated heterocycles. The van der Waals surface area contributed by atoms with Crippen molar-refractivity contribution >= 4 is 11.8 Å². The van der Waals surface area contributed by atoms with E-state index in [1.54, 1.807) is 18.0 Å². The molecule has 0 radical (unpaired) electrons. The van der Waals surface area contributed by atoms with Gasteiger partial charge in [-0.05, 0) is 18.6 Å². The van der Waals surface area contributed by atoms with Gasteiger partial charge in [-0.15, -0.1) is 11.8 Å². The first kappa shape index (κ1) is 11.2. The molecule has 1 rings (SSSR count). The SMILES string of the molecule is Cc1ccoc1CSC(C)C(N)C#N. The maximum Gasteiger partial charge on any atom is 0.116 e. The van der Waals surface area contributed by atoms with E-state index in [2.05, 4.69) is 0 Å². The molecule has 1 aromatic rings. The van der Waals surface area contributed by atoms with Crippen LogP contribution in [-0.2, 0) is 5.75 Å². The lowest BCUT2D eigenvalue weighted by Crippen LogP contribution is -2.28. The number of nitriles is 1. The number of hydrogen-bond donors (Lipinski definition) is 1. The van der Waals surface area contributed by atoms with Crippen LogP contribution in [0.15, 0.2) is 16.7 Å². The predicted molar refractivity (Wildman–Crippen MR) is 57.8 cm³/mol. The van der Waals surface area contributed by atoms with Gasteiger partial charge in [0.15, 0.2) is 0 Å². The van der Waals surface area contributed by atoms with Crippen LogP contribution >= 0.6 is 11.8 Å². The summed E-state index contributed by atoms with van der Waals surface area (Å²) in [5.74, 6) is 1.74. The van der Waals surface area contributed by atoms with E-state index in [0.717, 1.165) is 17.1 Å². The van der Waals surface area contributed by atoms with Crippen molar-refractivity contribution < 1.29 is 4.42 Å². The highest BCUT2D eigenvalue weighted by molar-refractivity contribution is 7.99. The number of rotatable bonds is 4. The Balaban J connectivity index is 2.42. The number of hydrogen-bond acceptors (Lipinski definition) is 4. The van der Waals surface area contributed by atoms with Gasteiger partial charge in [-0.1, -0.05) is 6.92 Å². The van der Waals surface area contributed by atoms with Crippen LogP contribution in [0.1, 0.15) is 18.2 Å². The molecule has 76 valence electrons. The zero-order chi connectivity index (χ0) is 10.6. The van der Waals surface area contributed by atoms with Crippen molar-refractivity contribution in [1.82, 2.24) is 0 Å². The molecular weight excluding hydrogens is 196 g/mol. The highest BCUT2D eigenvalue weighted by atomic mass is 32.2. The fourth-order valence-electron chi connectivity index (χ4n) is 0.968. The lowest BCUT2D eigenvalue weighted by Gasteiger charge is -2.11. The number of furan rings is 1. The molecule has 1 heterocycles. The average Bonchev–Trinajstić information content (AvgIpc) is 2.59. The summed E-state index contributed by atoms with van der Waals surface area (Å²) in [6, 6.07) is 3.56. The van der Waals surface area contributed by atoms with Gasteiger partial charge in [-0.3, -0.25) is 0 Å². The zero-order valence-corrected chi connectivity index (χ0v) is 9.17. The third-order valence-corrected chi connectivity index (χ3v) is 3.35. The largest absolute Gasteiger partial charge is 0.468 e. The second-order valence-electron chi connectivity index (χ2n) is 3.20. The summed E-state index contributed by atoms with van der Waals surface area (Å²) < 4.78 is 5.28. The highest BCUT2D eigenvalue weighted by Gasteiger charge is 2.13. The van der Waals surface area contributed by atoms with Gasteiger partial charge in [-0.2, -0.15) is 5.26 Å². The molecule has 0 aliphatic rings. The molecule has 2 unspecified atom stereocenters. The Hall–Kier alpha value is -0.920. The number of nitrogens with two attached hydrogens (primary N) is 1. The zero-order valence-electron chi connectivity index (χ0n) is 8.36. The summed E-state index contributed by atoms with van der Waals surface area (Å²) in [6.07, 6.45) is 1.68. The summed E-state index contributed by atoms with van der Waals surface area (Å²) in [7, 11) is 0. The van der Waals surface area contributed by atoms with Crippen molar-refractivity contribution in [2.24, 2.45) is 5.73 Å². The van der Waals surface area contributed by atoms with Crippen LogP contribution in [-0.4, -0.2) is 11.3 Å². The minimum absolute atomic E-state index is 0.129. The van der Waals surface area contributed by atoms with E-state index in [9.17, 15) is 0 Å². The molecular formula is C10H14N2OS. The Morgan fingerprint density at radius 3 is 2.93 bits per heavy atom. The van der Waals surface area contributed by atoms with E-state index in [1.807, 2.05) is 26.0 Å². The van der Waals surface area contributed by atoms with Crippen LogP contribution in [0.5, 0.6) is 0 Å². The van der Waals surface area contributed by atoms with Crippen molar-refractivity contribution in [3.8, 4) is 6.07 Å². The van der Waals surface area contributed by atoms with E-state index < -0.39 is 6.04 Å². The quantitative estimate of drug-likeness (QED) is 0.826. The van der Waals surface area contributed by atoms with E-state index >= 15 is 0 Å². The Kier molecular flexibility index (Phi) is 4.05. The van der Waals surface area contributed by atoms with E-state index in [0.29, 0.717) is 0 Å². The van der Waals surface area contributed by atoms with Crippen molar-refractivity contribution in [1.29, 1.82) is 5.26 Å². The van der Waals surface area contributed by atoms with Crippen LogP contribution in [0, 0.1) is 18.3 Å². The molecule has 0 fully saturated rings. The fraction of sp³-hybridized carbons (Fsp3) is 0.500. The molecule has 4 heteroatoms. The second kappa shape index (κ2) is 5.08. The molecule has 2 N–H and O–H groups in total. The molecule has 14 heavy (non-hydrogen) atoms. The first-order valence-corrected chi connectivity index (χ1v) is 5.49. The minimum atomic E-state index is -0.407. The van der Waals surface area contributed by atoms with Gasteiger partial charge in [0.1, 0.15) is 11.8 Å². The van der Waals surface area contributed by atoms with Crippen LogP contribution in [0.3, 0.4) is 0 Å². The van der Waals surface area contributed by atoms with Gasteiger partial charge in [0, 0.05) is 5.25 Å². The first-order chi connectivity index (χ1) is 6.65. The topological polar surface area (TPSA) is 62.9 Å². The third kappa shape index (κ3) is 2.79. The third-order valence-electron chi connectivity index (χ3n) is 2.10. The molecule has 0 saturated carbocycles. The summed E-state index contributed by atoms with van der Waals surface area (Å²) >= 11 is 1.64. The lowest BCUT2D eigenvalue weighted by molar-refractivity contribution is 0.527. The summed E-state index contributed by atoms with van der Waals surface area (Å²) in [5, 5.41) is 8.73. The second-order valence-corrected chi connectivity index (χ2v) is 4.56. The molecule has 3 nitrogen and oxygen atoms in total. The monoisotopic (exact) mass is 210 g/mol. The van der Waals surface area contributed by atoms with Gasteiger partial charge in [0.2, 0.25) is 0 Å². The van der Waals surface area contributed by atoms with E-state index in [-0.39, 0.29) is 5.25 Å². The summed E-state index contributed by atoms with van der Waals surface area (Å²) in [5.41, 5.74) is 6.73. The fourth-order valence-corrected chi connectivity index (χ4v) is 1.95. The van der Waals surface area contributed by atoms with Gasteiger partial charge in [0.05, 0.1) is 18.1 Å². The van der Waals surface area contributed by atoms with E-state index in [1.165, 1.54) is 0 Å². The van der Waals surface area contributed by atoms with Gasteiger partial charge in [-0.25, -0.2) is 0 Å². The Morgan fingerprint density at radius 2 is 2.43 bits per heavy atom. The smallest absolute Gasteiger partial charge is 0.116 e. The van der Waals surface area contributed by atoms with Gasteiger partial charge >= 0.3 is 0 Å². The molecule has 0 spiro atoms. The van der Waals surface area contributed by atoms with Crippen LogP contribution < -0.4 is 5.73 Å². The van der Waals surface area contributed by atoms with Crippen molar-refractivity contribution in [2.45, 2.75) is 30.9 Å². The van der Waals surface area contributed by atoms with Gasteiger partial charge < -0.3 is 10.2 Å². The van der Waals surface area contributed by atoms with Crippen LogP contribution in [0.4, 0.5) is 0 Å². The molecule has 0 aromatic carbocycles. The first-order valence-electron chi connectivity index (χ1n) is 4.45. The van der Waals surface area contributed by atoms with Gasteiger partial charge in [0.25, 0.3) is 0 Å². The van der Waals surface area contributed by atoms with E-state index in [4.69, 9.17) is 15.4 Å². The number of thioether (sulfide) groups is 1. The average molecular weight is 210 g/mol. The lowest BCUT2D eigenvalue weighted by atomic mass is 10.3. The maximum atomic E-state index is 8.61. The highest BCUT2D eigenvalue weighted by Crippen LogP contribution is 2.21. The van der Waals surface area contributed by atoms with Crippen LogP contribution in [0.2, 0.25) is 0 Å². The predicted octanol–water partition coefficient (Wildman–Crippen LogP) is 2.06. The minimum Gasteiger partial charge on any atom is -0.468 e. The molecule has 0 amide bonds. The molecule has 1 aromatic heterocycles. The normalized spacial score (nSPS) is 14.7. The summed E-state index contributed by atoms with van der Waals surface area (Å²) in [4.78, 5) is 0. The Morgan fingerprint density at radius 1 is 1.71 bits per heavy atom. The van der Waals surface area contributed by atoms with Crippen molar-refractivity contribution in [2.75, 3.05) is 0 Å². The summed E-state index contributed by atoms with van der Waals surface area (Å²) in [6.45, 7) is 3.96. The molecule has 0 aliphatic carbocycles. The molecule has 0 aliphatic heterocycles.